The van der Waals surface area contributed by atoms with Gasteiger partial charge in [-0.25, -0.2) is 8.42 Å². The van der Waals surface area contributed by atoms with Gasteiger partial charge in [-0.2, -0.15) is 0 Å². The number of nitrogens with two attached hydrogens (primary N) is 1. The van der Waals surface area contributed by atoms with Crippen LogP contribution >= 0.6 is 0 Å². The minimum Gasteiger partial charge on any atom is -0.342 e. The van der Waals surface area contributed by atoms with Gasteiger partial charge in [-0.15, -0.1) is 0 Å². The molecule has 1 amide bonds. The minimum absolute atomic E-state index is 0.188. The van der Waals surface area contributed by atoms with Crippen LogP contribution in [0, 0.1) is 5.92 Å². The average molecular weight is 236 g/mol. The normalized spacial score (nSPS) is 13.6. The lowest BCUT2D eigenvalue weighted by Crippen LogP contribution is -2.39. The number of hydrogen-bond donors (Lipinski definition) is 1. The SMILES string of the molecule is CCN(CC(C)CN)C(=O)CS(C)(=O)=O. The zero-order valence-electron chi connectivity index (χ0n) is 9.56. The second-order valence-corrected chi connectivity index (χ2v) is 5.98. The van der Waals surface area contributed by atoms with E-state index in [2.05, 4.69) is 0 Å². The van der Waals surface area contributed by atoms with Crippen LogP contribution in [0.5, 0.6) is 0 Å². The molecule has 0 rings (SSSR count). The summed E-state index contributed by atoms with van der Waals surface area (Å²) in [5, 5.41) is 0. The van der Waals surface area contributed by atoms with Crippen LogP contribution in [-0.4, -0.2) is 50.9 Å². The maximum atomic E-state index is 11.5. The van der Waals surface area contributed by atoms with Crippen molar-refractivity contribution in [3.63, 3.8) is 0 Å². The third-order valence-corrected chi connectivity index (χ3v) is 2.83. The highest BCUT2D eigenvalue weighted by Gasteiger charge is 2.18. The van der Waals surface area contributed by atoms with Crippen molar-refractivity contribution in [2.75, 3.05) is 31.6 Å². The standard InChI is InChI=1S/C9H20N2O3S/c1-4-11(6-8(2)5-10)9(12)7-15(3,13)14/h8H,4-7,10H2,1-3H3. The van der Waals surface area contributed by atoms with E-state index in [0.717, 1.165) is 6.26 Å². The molecule has 0 saturated heterocycles. The molecule has 5 nitrogen and oxygen atoms in total. The van der Waals surface area contributed by atoms with Crippen LogP contribution in [0.4, 0.5) is 0 Å². The molecular weight excluding hydrogens is 216 g/mol. The molecule has 0 aliphatic heterocycles. The Morgan fingerprint density at radius 2 is 2.00 bits per heavy atom. The smallest absolute Gasteiger partial charge is 0.237 e. The molecule has 90 valence electrons. The molecular formula is C9H20N2O3S. The van der Waals surface area contributed by atoms with Crippen LogP contribution in [0.2, 0.25) is 0 Å². The highest BCUT2D eigenvalue weighted by Crippen LogP contribution is 2.00. The molecule has 1 unspecified atom stereocenters. The van der Waals surface area contributed by atoms with E-state index in [4.69, 9.17) is 5.73 Å². The summed E-state index contributed by atoms with van der Waals surface area (Å²) in [5.41, 5.74) is 5.45. The van der Waals surface area contributed by atoms with E-state index in [-0.39, 0.29) is 11.8 Å². The monoisotopic (exact) mass is 236 g/mol. The molecule has 0 bridgehead atoms. The van der Waals surface area contributed by atoms with Gasteiger partial charge in [-0.05, 0) is 19.4 Å². The van der Waals surface area contributed by atoms with Gasteiger partial charge in [-0.1, -0.05) is 6.92 Å². The Bertz CT molecular complexity index is 300. The lowest BCUT2D eigenvalue weighted by Gasteiger charge is -2.23. The van der Waals surface area contributed by atoms with Gasteiger partial charge in [0.2, 0.25) is 5.91 Å². The fourth-order valence-corrected chi connectivity index (χ4v) is 1.80. The molecule has 0 spiro atoms. The number of carbonyl (C=O) groups is 1. The predicted molar refractivity (Wildman–Crippen MR) is 60.2 cm³/mol. The van der Waals surface area contributed by atoms with Gasteiger partial charge in [0, 0.05) is 19.3 Å². The summed E-state index contributed by atoms with van der Waals surface area (Å²) in [6.45, 7) is 5.27. The van der Waals surface area contributed by atoms with Crippen molar-refractivity contribution in [2.45, 2.75) is 13.8 Å². The molecule has 2 N–H and O–H groups in total. The van der Waals surface area contributed by atoms with E-state index >= 15 is 0 Å². The number of hydrogen-bond acceptors (Lipinski definition) is 4. The first-order chi connectivity index (χ1) is 6.80. The van der Waals surface area contributed by atoms with Crippen LogP contribution in [0.25, 0.3) is 0 Å². The number of amides is 1. The van der Waals surface area contributed by atoms with E-state index in [0.29, 0.717) is 19.6 Å². The van der Waals surface area contributed by atoms with Crippen LogP contribution in [0.1, 0.15) is 13.8 Å². The zero-order chi connectivity index (χ0) is 12.1. The Morgan fingerprint density at radius 1 is 1.47 bits per heavy atom. The van der Waals surface area contributed by atoms with Crippen molar-refractivity contribution >= 4 is 15.7 Å². The van der Waals surface area contributed by atoms with Crippen molar-refractivity contribution in [1.29, 1.82) is 0 Å². The van der Waals surface area contributed by atoms with Crippen LogP contribution in [0.15, 0.2) is 0 Å². The van der Waals surface area contributed by atoms with E-state index in [1.54, 1.807) is 0 Å². The summed E-state index contributed by atoms with van der Waals surface area (Å²) < 4.78 is 21.9. The maximum Gasteiger partial charge on any atom is 0.237 e. The van der Waals surface area contributed by atoms with Crippen LogP contribution < -0.4 is 5.73 Å². The Balaban J connectivity index is 4.35. The number of carbonyl (C=O) groups excluding carboxylic acids is 1. The van der Waals surface area contributed by atoms with Crippen molar-refractivity contribution in [2.24, 2.45) is 11.7 Å². The lowest BCUT2D eigenvalue weighted by atomic mass is 10.1. The molecule has 15 heavy (non-hydrogen) atoms. The zero-order valence-corrected chi connectivity index (χ0v) is 10.4. The van der Waals surface area contributed by atoms with E-state index in [1.165, 1.54) is 4.90 Å². The summed E-state index contributed by atoms with van der Waals surface area (Å²) in [7, 11) is -3.24. The number of nitrogens with zero attached hydrogens (tertiary/aromatic N) is 1. The van der Waals surface area contributed by atoms with Gasteiger partial charge in [0.05, 0.1) is 0 Å². The average Bonchev–Trinajstić information content (AvgIpc) is 2.10. The summed E-state index contributed by atoms with van der Waals surface area (Å²) in [6.07, 6.45) is 1.06. The fraction of sp³-hybridized carbons (Fsp3) is 0.889. The van der Waals surface area contributed by atoms with E-state index < -0.39 is 15.6 Å². The Kier molecular flexibility index (Phi) is 5.82. The first kappa shape index (κ1) is 14.4. The maximum absolute atomic E-state index is 11.5. The predicted octanol–water partition coefficient (Wildman–Crippen LogP) is -0.526. The van der Waals surface area contributed by atoms with Crippen molar-refractivity contribution in [1.82, 2.24) is 4.90 Å². The molecule has 0 fully saturated rings. The number of rotatable bonds is 6. The molecule has 0 heterocycles. The highest BCUT2D eigenvalue weighted by molar-refractivity contribution is 7.91. The second kappa shape index (κ2) is 6.07. The van der Waals surface area contributed by atoms with Gasteiger partial charge in [0.1, 0.15) is 5.75 Å². The summed E-state index contributed by atoms with van der Waals surface area (Å²) in [6, 6.07) is 0. The van der Waals surface area contributed by atoms with Gasteiger partial charge >= 0.3 is 0 Å². The molecule has 0 aromatic rings. The quantitative estimate of drug-likeness (QED) is 0.672. The molecule has 0 aliphatic rings. The van der Waals surface area contributed by atoms with Crippen LogP contribution in [-0.2, 0) is 14.6 Å². The van der Waals surface area contributed by atoms with Gasteiger partial charge in [0.15, 0.2) is 9.84 Å². The van der Waals surface area contributed by atoms with Gasteiger partial charge < -0.3 is 10.6 Å². The fourth-order valence-electron chi connectivity index (χ4n) is 1.17. The van der Waals surface area contributed by atoms with E-state index in [1.807, 2.05) is 13.8 Å². The summed E-state index contributed by atoms with van der Waals surface area (Å²) >= 11 is 0. The third kappa shape index (κ3) is 6.46. The van der Waals surface area contributed by atoms with Gasteiger partial charge in [-0.3, -0.25) is 4.79 Å². The van der Waals surface area contributed by atoms with Crippen molar-refractivity contribution < 1.29 is 13.2 Å². The first-order valence-electron chi connectivity index (χ1n) is 4.95. The highest BCUT2D eigenvalue weighted by atomic mass is 32.2. The Labute approximate surface area is 91.5 Å². The summed E-state index contributed by atoms with van der Waals surface area (Å²) in [5.74, 6) is -0.577. The molecule has 6 heteroatoms. The molecule has 0 saturated carbocycles. The molecule has 0 aliphatic carbocycles. The second-order valence-electron chi connectivity index (χ2n) is 3.84. The molecule has 0 radical (unpaired) electrons. The number of sulfone groups is 1. The van der Waals surface area contributed by atoms with Crippen molar-refractivity contribution in [3.8, 4) is 0 Å². The summed E-state index contributed by atoms with van der Waals surface area (Å²) in [4.78, 5) is 13.1. The third-order valence-electron chi connectivity index (χ3n) is 2.05. The van der Waals surface area contributed by atoms with E-state index in [9.17, 15) is 13.2 Å². The van der Waals surface area contributed by atoms with Gasteiger partial charge in [0.25, 0.3) is 0 Å². The molecule has 1 atom stereocenters. The first-order valence-corrected chi connectivity index (χ1v) is 7.01. The lowest BCUT2D eigenvalue weighted by molar-refractivity contribution is -0.128. The Morgan fingerprint density at radius 3 is 2.33 bits per heavy atom. The largest absolute Gasteiger partial charge is 0.342 e. The van der Waals surface area contributed by atoms with Crippen molar-refractivity contribution in [3.05, 3.63) is 0 Å². The molecule has 0 aromatic carbocycles. The topological polar surface area (TPSA) is 80.5 Å². The van der Waals surface area contributed by atoms with Crippen LogP contribution in [0.3, 0.4) is 0 Å². The molecule has 0 aromatic heterocycles. The minimum atomic E-state index is -3.24. The Hall–Kier alpha value is -0.620.